The third-order valence-corrected chi connectivity index (χ3v) is 7.06. The van der Waals surface area contributed by atoms with E-state index in [9.17, 15) is 19.2 Å². The Labute approximate surface area is 221 Å². The zero-order valence-electron chi connectivity index (χ0n) is 20.9. The van der Waals surface area contributed by atoms with Gasteiger partial charge in [-0.05, 0) is 36.1 Å². The van der Waals surface area contributed by atoms with Crippen molar-refractivity contribution in [3.05, 3.63) is 102 Å². The van der Waals surface area contributed by atoms with Crippen LogP contribution in [0.25, 0.3) is 0 Å². The number of carbonyl (C=O) groups is 4. The minimum atomic E-state index is -0.927. The highest BCUT2D eigenvalue weighted by Gasteiger charge is 2.38. The van der Waals surface area contributed by atoms with Gasteiger partial charge in [-0.2, -0.15) is 0 Å². The molecular weight excluding hydrogens is 480 g/mol. The average molecular weight is 511 g/mol. The quantitative estimate of drug-likeness (QED) is 0.502. The van der Waals surface area contributed by atoms with Gasteiger partial charge in [-0.3, -0.25) is 19.2 Å². The predicted molar refractivity (Wildman–Crippen MR) is 143 cm³/mol. The average Bonchev–Trinajstić information content (AvgIpc) is 3.43. The van der Waals surface area contributed by atoms with Crippen LogP contribution in [0.1, 0.15) is 34.3 Å². The Morgan fingerprint density at radius 2 is 1.21 bits per heavy atom. The lowest BCUT2D eigenvalue weighted by Crippen LogP contribution is -2.56. The fourth-order valence-electron chi connectivity index (χ4n) is 5.09. The summed E-state index contributed by atoms with van der Waals surface area (Å²) in [4.78, 5) is 55.8. The molecule has 0 aromatic heterocycles. The smallest absolute Gasteiger partial charge is 0.256 e. The second-order valence-corrected chi connectivity index (χ2v) is 9.69. The maximum atomic E-state index is 13.6. The van der Waals surface area contributed by atoms with Crippen LogP contribution in [-0.4, -0.2) is 53.2 Å². The van der Waals surface area contributed by atoms with Crippen LogP contribution in [0.15, 0.2) is 84.9 Å². The molecule has 8 nitrogen and oxygen atoms in total. The first-order valence-corrected chi connectivity index (χ1v) is 12.9. The lowest BCUT2D eigenvalue weighted by molar-refractivity contribution is -0.132. The fourth-order valence-corrected chi connectivity index (χ4v) is 5.09. The molecule has 5 rings (SSSR count). The van der Waals surface area contributed by atoms with Gasteiger partial charge in [0.15, 0.2) is 0 Å². The first-order chi connectivity index (χ1) is 18.5. The van der Waals surface area contributed by atoms with Gasteiger partial charge in [-0.25, -0.2) is 0 Å². The lowest BCUT2D eigenvalue weighted by atomic mass is 10.0. The summed E-state index contributed by atoms with van der Waals surface area (Å²) in [6, 6.07) is 23.0. The van der Waals surface area contributed by atoms with E-state index < -0.39 is 29.9 Å². The van der Waals surface area contributed by atoms with Crippen LogP contribution < -0.4 is 16.0 Å². The van der Waals surface area contributed by atoms with E-state index >= 15 is 0 Å². The van der Waals surface area contributed by atoms with E-state index in [0.717, 1.165) is 11.1 Å². The van der Waals surface area contributed by atoms with Crippen molar-refractivity contribution >= 4 is 29.3 Å². The number of anilines is 1. The van der Waals surface area contributed by atoms with Crippen LogP contribution in [0.5, 0.6) is 0 Å². The van der Waals surface area contributed by atoms with Gasteiger partial charge in [-0.15, -0.1) is 0 Å². The summed E-state index contributed by atoms with van der Waals surface area (Å²) in [5.74, 6) is -1.59. The Bertz CT molecular complexity index is 1330. The molecule has 2 aliphatic rings. The zero-order valence-corrected chi connectivity index (χ0v) is 20.9. The number of fused-ring (bicyclic) bond motifs is 2. The molecule has 2 heterocycles. The Morgan fingerprint density at radius 3 is 1.87 bits per heavy atom. The van der Waals surface area contributed by atoms with Gasteiger partial charge >= 0.3 is 0 Å². The SMILES string of the molecule is O=C1Nc2ccccc2C(=O)N2CCCC2C(=O)NC(Cc2ccccc2)C(=O)NC1Cc1ccccc1. The number of nitrogens with one attached hydrogen (secondary N) is 3. The van der Waals surface area contributed by atoms with Crippen molar-refractivity contribution in [1.82, 2.24) is 15.5 Å². The molecule has 0 spiro atoms. The molecule has 194 valence electrons. The minimum absolute atomic E-state index is 0.245. The van der Waals surface area contributed by atoms with Gasteiger partial charge in [0, 0.05) is 19.4 Å². The molecule has 0 saturated carbocycles. The van der Waals surface area contributed by atoms with Gasteiger partial charge in [-0.1, -0.05) is 72.8 Å². The molecule has 3 N–H and O–H groups in total. The standard InChI is InChI=1S/C30H30N4O4/c35-27-24(18-20-10-3-1-4-11-20)32-28(36)25(19-21-12-5-2-6-13-21)33-29(37)26-16-9-17-34(26)30(38)22-14-7-8-15-23(22)31-27/h1-8,10-15,24-26H,9,16-19H2,(H,31,35)(H,32,36)(H,33,37). The number of rotatable bonds is 4. The van der Waals surface area contributed by atoms with E-state index in [4.69, 9.17) is 0 Å². The number of nitrogens with zero attached hydrogens (tertiary/aromatic N) is 1. The largest absolute Gasteiger partial charge is 0.342 e. The maximum absolute atomic E-state index is 13.6. The predicted octanol–water partition coefficient (Wildman–Crippen LogP) is 2.70. The first kappa shape index (κ1) is 25.2. The number of hydrogen-bond donors (Lipinski definition) is 3. The summed E-state index contributed by atoms with van der Waals surface area (Å²) in [7, 11) is 0. The van der Waals surface area contributed by atoms with Crippen molar-refractivity contribution < 1.29 is 19.2 Å². The van der Waals surface area contributed by atoms with Crippen molar-refractivity contribution in [1.29, 1.82) is 0 Å². The van der Waals surface area contributed by atoms with Crippen molar-refractivity contribution in [3.8, 4) is 0 Å². The highest BCUT2D eigenvalue weighted by atomic mass is 16.2. The Balaban J connectivity index is 1.53. The van der Waals surface area contributed by atoms with Crippen LogP contribution in [0.3, 0.4) is 0 Å². The number of hydrogen-bond acceptors (Lipinski definition) is 4. The number of amides is 4. The van der Waals surface area contributed by atoms with E-state index in [-0.39, 0.29) is 24.7 Å². The lowest BCUT2D eigenvalue weighted by Gasteiger charge is -2.27. The van der Waals surface area contributed by atoms with E-state index in [1.54, 1.807) is 24.3 Å². The number of benzene rings is 3. The first-order valence-electron chi connectivity index (χ1n) is 12.9. The van der Waals surface area contributed by atoms with Crippen molar-refractivity contribution in [2.24, 2.45) is 0 Å². The summed E-state index contributed by atoms with van der Waals surface area (Å²) in [5, 5.41) is 8.64. The van der Waals surface area contributed by atoms with Gasteiger partial charge in [0.2, 0.25) is 17.7 Å². The topological polar surface area (TPSA) is 108 Å². The molecule has 4 amide bonds. The van der Waals surface area contributed by atoms with E-state index in [1.807, 2.05) is 60.7 Å². The van der Waals surface area contributed by atoms with Gasteiger partial charge in [0.05, 0.1) is 11.3 Å². The van der Waals surface area contributed by atoms with Crippen LogP contribution in [0, 0.1) is 0 Å². The molecule has 3 unspecified atom stereocenters. The van der Waals surface area contributed by atoms with Crippen LogP contribution >= 0.6 is 0 Å². The van der Waals surface area contributed by atoms with Crippen molar-refractivity contribution in [2.45, 2.75) is 43.8 Å². The number of carbonyl (C=O) groups excluding carboxylic acids is 4. The van der Waals surface area contributed by atoms with Crippen LogP contribution in [0.2, 0.25) is 0 Å². The molecule has 1 fully saturated rings. The van der Waals surface area contributed by atoms with E-state index in [2.05, 4.69) is 16.0 Å². The van der Waals surface area contributed by atoms with E-state index in [1.165, 1.54) is 4.90 Å². The fraction of sp³-hybridized carbons (Fsp3) is 0.267. The summed E-state index contributed by atoms with van der Waals surface area (Å²) >= 11 is 0. The Morgan fingerprint density at radius 1 is 0.658 bits per heavy atom. The van der Waals surface area contributed by atoms with Gasteiger partial charge in [0.1, 0.15) is 18.1 Å². The van der Waals surface area contributed by atoms with Crippen molar-refractivity contribution in [2.75, 3.05) is 11.9 Å². The minimum Gasteiger partial charge on any atom is -0.342 e. The molecule has 3 aromatic rings. The highest BCUT2D eigenvalue weighted by molar-refractivity contribution is 6.07. The van der Waals surface area contributed by atoms with Gasteiger partial charge < -0.3 is 20.9 Å². The highest BCUT2D eigenvalue weighted by Crippen LogP contribution is 2.25. The van der Waals surface area contributed by atoms with Crippen LogP contribution in [0.4, 0.5) is 5.69 Å². The Kier molecular flexibility index (Phi) is 7.49. The van der Waals surface area contributed by atoms with E-state index in [0.29, 0.717) is 30.6 Å². The third kappa shape index (κ3) is 5.59. The molecule has 3 aromatic carbocycles. The summed E-state index contributed by atoms with van der Waals surface area (Å²) < 4.78 is 0. The summed E-state index contributed by atoms with van der Waals surface area (Å²) in [6.07, 6.45) is 1.67. The van der Waals surface area contributed by atoms with Gasteiger partial charge in [0.25, 0.3) is 5.91 Å². The van der Waals surface area contributed by atoms with Crippen LogP contribution in [-0.2, 0) is 27.2 Å². The summed E-state index contributed by atoms with van der Waals surface area (Å²) in [5.41, 5.74) is 2.39. The molecule has 0 aliphatic carbocycles. The molecular formula is C30H30N4O4. The molecule has 38 heavy (non-hydrogen) atoms. The normalized spacial score (nSPS) is 22.1. The second kappa shape index (κ2) is 11.3. The summed E-state index contributed by atoms with van der Waals surface area (Å²) in [6.45, 7) is 0.422. The molecule has 0 bridgehead atoms. The molecule has 1 saturated heterocycles. The molecule has 2 aliphatic heterocycles. The number of para-hydroxylation sites is 1. The molecule has 0 radical (unpaired) electrons. The molecule has 3 atom stereocenters. The maximum Gasteiger partial charge on any atom is 0.256 e. The molecule has 8 heteroatoms. The second-order valence-electron chi connectivity index (χ2n) is 9.69. The third-order valence-electron chi connectivity index (χ3n) is 7.06. The monoisotopic (exact) mass is 510 g/mol. The zero-order chi connectivity index (χ0) is 26.5. The van der Waals surface area contributed by atoms with Crippen molar-refractivity contribution in [3.63, 3.8) is 0 Å². The Hall–Kier alpha value is -4.46.